The Morgan fingerprint density at radius 3 is 2.78 bits per heavy atom. The fourth-order valence-corrected chi connectivity index (χ4v) is 2.50. The summed E-state index contributed by atoms with van der Waals surface area (Å²) < 4.78 is 15.9. The third-order valence-corrected chi connectivity index (χ3v) is 3.70. The van der Waals surface area contributed by atoms with Gasteiger partial charge < -0.3 is 14.2 Å². The molecule has 0 saturated heterocycles. The molecule has 5 nitrogen and oxygen atoms in total. The van der Waals surface area contributed by atoms with Crippen LogP contribution in [0.4, 0.5) is 0 Å². The Balaban J connectivity index is 1.69. The average Bonchev–Trinajstić information content (AvgIpc) is 3.14. The zero-order chi connectivity index (χ0) is 15.8. The van der Waals surface area contributed by atoms with Gasteiger partial charge in [-0.2, -0.15) is 0 Å². The van der Waals surface area contributed by atoms with Crippen molar-refractivity contribution >= 4 is 17.9 Å². The van der Waals surface area contributed by atoms with E-state index in [2.05, 4.69) is 4.99 Å². The maximum Gasteiger partial charge on any atom is 0.363 e. The number of nitrogens with zero attached hydrogens (tertiary/aromatic N) is 1. The van der Waals surface area contributed by atoms with Crippen LogP contribution in [0, 0.1) is 6.92 Å². The molecule has 0 spiro atoms. The zero-order valence-corrected chi connectivity index (χ0v) is 12.4. The van der Waals surface area contributed by atoms with Crippen LogP contribution in [0.15, 0.2) is 53.2 Å². The molecule has 23 heavy (non-hydrogen) atoms. The van der Waals surface area contributed by atoms with Gasteiger partial charge in [0, 0.05) is 5.56 Å². The van der Waals surface area contributed by atoms with Crippen LogP contribution in [0.2, 0.25) is 0 Å². The van der Waals surface area contributed by atoms with Crippen molar-refractivity contribution in [1.82, 2.24) is 0 Å². The van der Waals surface area contributed by atoms with Gasteiger partial charge in [-0.1, -0.05) is 24.3 Å². The molecule has 2 aromatic carbocycles. The van der Waals surface area contributed by atoms with E-state index in [1.165, 1.54) is 0 Å². The summed E-state index contributed by atoms with van der Waals surface area (Å²) >= 11 is 0. The number of carbonyl (C=O) groups is 1. The summed E-state index contributed by atoms with van der Waals surface area (Å²) in [5, 5.41) is 0. The predicted octanol–water partition coefficient (Wildman–Crippen LogP) is 3.07. The Morgan fingerprint density at radius 1 is 1.09 bits per heavy atom. The third-order valence-electron chi connectivity index (χ3n) is 3.70. The molecule has 2 heterocycles. The summed E-state index contributed by atoms with van der Waals surface area (Å²) in [6.45, 7) is 2.16. The number of hydrogen-bond acceptors (Lipinski definition) is 5. The molecule has 5 heteroatoms. The van der Waals surface area contributed by atoms with Crippen LogP contribution < -0.4 is 9.47 Å². The van der Waals surface area contributed by atoms with Gasteiger partial charge in [0.2, 0.25) is 12.7 Å². The number of aryl methyl sites for hydroxylation is 1. The lowest BCUT2D eigenvalue weighted by Crippen LogP contribution is -2.06. The molecule has 0 aliphatic carbocycles. The summed E-state index contributed by atoms with van der Waals surface area (Å²) in [5.41, 5.74) is 2.89. The second-order valence-corrected chi connectivity index (χ2v) is 5.26. The molecule has 4 rings (SSSR count). The first-order valence-electron chi connectivity index (χ1n) is 7.19. The summed E-state index contributed by atoms with van der Waals surface area (Å²) in [5.74, 6) is 1.24. The van der Waals surface area contributed by atoms with Crippen molar-refractivity contribution in [3.05, 3.63) is 64.9 Å². The number of cyclic esters (lactones) is 1. The molecule has 0 unspecified atom stereocenters. The van der Waals surface area contributed by atoms with Crippen LogP contribution in [0.25, 0.3) is 6.08 Å². The molecule has 0 aromatic heterocycles. The van der Waals surface area contributed by atoms with Crippen LogP contribution in [-0.2, 0) is 9.53 Å². The monoisotopic (exact) mass is 307 g/mol. The standard InChI is InChI=1S/C18H13NO4/c1-11-4-2-3-5-13(11)17-19-14(18(20)23-17)8-12-6-7-15-16(9-12)22-10-21-15/h2-9H,10H2,1H3. The molecule has 0 radical (unpaired) electrons. The fraction of sp³-hybridized carbons (Fsp3) is 0.111. The second-order valence-electron chi connectivity index (χ2n) is 5.26. The quantitative estimate of drug-likeness (QED) is 0.632. The number of rotatable bonds is 2. The van der Waals surface area contributed by atoms with Crippen molar-refractivity contribution in [2.75, 3.05) is 6.79 Å². The highest BCUT2D eigenvalue weighted by atomic mass is 16.7. The number of carbonyl (C=O) groups excluding carboxylic acids is 1. The van der Waals surface area contributed by atoms with Crippen molar-refractivity contribution in [2.45, 2.75) is 6.92 Å². The van der Waals surface area contributed by atoms with Crippen LogP contribution in [0.3, 0.4) is 0 Å². The molecular weight excluding hydrogens is 294 g/mol. The first kappa shape index (κ1) is 13.6. The van der Waals surface area contributed by atoms with E-state index in [1.54, 1.807) is 12.1 Å². The van der Waals surface area contributed by atoms with E-state index in [1.807, 2.05) is 43.3 Å². The van der Waals surface area contributed by atoms with Gasteiger partial charge in [-0.25, -0.2) is 9.79 Å². The van der Waals surface area contributed by atoms with Crippen molar-refractivity contribution in [3.8, 4) is 11.5 Å². The van der Waals surface area contributed by atoms with Gasteiger partial charge in [0.15, 0.2) is 17.2 Å². The van der Waals surface area contributed by atoms with E-state index in [4.69, 9.17) is 14.2 Å². The summed E-state index contributed by atoms with van der Waals surface area (Å²) in [7, 11) is 0. The van der Waals surface area contributed by atoms with Gasteiger partial charge in [0.1, 0.15) is 0 Å². The minimum Gasteiger partial charge on any atom is -0.454 e. The Morgan fingerprint density at radius 2 is 1.91 bits per heavy atom. The molecule has 0 amide bonds. The Bertz CT molecular complexity index is 867. The van der Waals surface area contributed by atoms with Gasteiger partial charge in [-0.3, -0.25) is 0 Å². The Hall–Kier alpha value is -3.08. The molecule has 0 N–H and O–H groups in total. The number of ether oxygens (including phenoxy) is 3. The van der Waals surface area contributed by atoms with E-state index < -0.39 is 5.97 Å². The van der Waals surface area contributed by atoms with E-state index in [-0.39, 0.29) is 12.5 Å². The Labute approximate surface area is 132 Å². The maximum atomic E-state index is 12.0. The average molecular weight is 307 g/mol. The SMILES string of the molecule is Cc1ccccc1C1=NC(=Cc2ccc3c(c2)OCO3)C(=O)O1. The largest absolute Gasteiger partial charge is 0.454 e. The molecule has 2 aromatic rings. The lowest BCUT2D eigenvalue weighted by atomic mass is 10.1. The van der Waals surface area contributed by atoms with Gasteiger partial charge in [0.25, 0.3) is 0 Å². The number of fused-ring (bicyclic) bond motifs is 1. The molecule has 0 atom stereocenters. The highest BCUT2D eigenvalue weighted by Gasteiger charge is 2.25. The minimum atomic E-state index is -0.457. The predicted molar refractivity (Wildman–Crippen MR) is 84.4 cm³/mol. The first-order valence-corrected chi connectivity index (χ1v) is 7.19. The molecular formula is C18H13NO4. The third kappa shape index (κ3) is 2.46. The Kier molecular flexibility index (Phi) is 3.12. The van der Waals surface area contributed by atoms with Gasteiger partial charge in [-0.05, 0) is 42.3 Å². The smallest absolute Gasteiger partial charge is 0.363 e. The summed E-state index contributed by atoms with van der Waals surface area (Å²) in [6.07, 6.45) is 1.68. The number of benzene rings is 2. The zero-order valence-electron chi connectivity index (χ0n) is 12.4. The lowest BCUT2D eigenvalue weighted by molar-refractivity contribution is -0.129. The first-order chi connectivity index (χ1) is 11.2. The number of aliphatic imine (C=N–C) groups is 1. The highest BCUT2D eigenvalue weighted by Crippen LogP contribution is 2.33. The molecule has 2 aliphatic heterocycles. The second kappa shape index (κ2) is 5.28. The summed E-state index contributed by atoms with van der Waals surface area (Å²) in [4.78, 5) is 16.4. The maximum absolute atomic E-state index is 12.0. The highest BCUT2D eigenvalue weighted by molar-refractivity contribution is 6.13. The normalized spacial score (nSPS) is 17.3. The fourth-order valence-electron chi connectivity index (χ4n) is 2.50. The topological polar surface area (TPSA) is 57.1 Å². The molecule has 0 bridgehead atoms. The van der Waals surface area contributed by atoms with Gasteiger partial charge in [-0.15, -0.1) is 0 Å². The van der Waals surface area contributed by atoms with Crippen molar-refractivity contribution in [2.24, 2.45) is 4.99 Å². The minimum absolute atomic E-state index is 0.215. The van der Waals surface area contributed by atoms with E-state index in [0.717, 1.165) is 16.7 Å². The van der Waals surface area contributed by atoms with Crippen molar-refractivity contribution in [1.29, 1.82) is 0 Å². The van der Waals surface area contributed by atoms with E-state index >= 15 is 0 Å². The molecule has 0 saturated carbocycles. The van der Waals surface area contributed by atoms with Crippen LogP contribution in [0.5, 0.6) is 11.5 Å². The van der Waals surface area contributed by atoms with Crippen LogP contribution >= 0.6 is 0 Å². The lowest BCUT2D eigenvalue weighted by Gasteiger charge is -2.02. The number of hydrogen-bond donors (Lipinski definition) is 0. The van der Waals surface area contributed by atoms with Crippen LogP contribution in [0.1, 0.15) is 16.7 Å². The van der Waals surface area contributed by atoms with Crippen molar-refractivity contribution < 1.29 is 19.0 Å². The van der Waals surface area contributed by atoms with Gasteiger partial charge in [0.05, 0.1) is 0 Å². The molecule has 114 valence electrons. The van der Waals surface area contributed by atoms with Crippen LogP contribution in [-0.4, -0.2) is 18.7 Å². The number of esters is 1. The van der Waals surface area contributed by atoms with Crippen molar-refractivity contribution in [3.63, 3.8) is 0 Å². The van der Waals surface area contributed by atoms with E-state index in [0.29, 0.717) is 17.4 Å². The summed E-state index contributed by atoms with van der Waals surface area (Å²) in [6, 6.07) is 13.1. The molecule has 2 aliphatic rings. The van der Waals surface area contributed by atoms with E-state index in [9.17, 15) is 4.79 Å². The van der Waals surface area contributed by atoms with Gasteiger partial charge >= 0.3 is 5.97 Å². The molecule has 0 fully saturated rings.